The molecule has 5 nitrogen and oxygen atoms in total. The van der Waals surface area contributed by atoms with Gasteiger partial charge in [-0.2, -0.15) is 0 Å². The molecule has 2 saturated heterocycles. The Morgan fingerprint density at radius 2 is 2.05 bits per heavy atom. The molecule has 3 aliphatic rings. The lowest BCUT2D eigenvalue weighted by Gasteiger charge is -2.34. The second-order valence-corrected chi connectivity index (χ2v) is 6.86. The number of likely N-dealkylation sites (tertiary alicyclic amines) is 1. The molecule has 0 aromatic rings. The molecular formula is C17H31N3O2. The van der Waals surface area contributed by atoms with Crippen molar-refractivity contribution in [3.05, 3.63) is 0 Å². The lowest BCUT2D eigenvalue weighted by Crippen LogP contribution is -2.47. The summed E-state index contributed by atoms with van der Waals surface area (Å²) in [5.74, 6) is 2.04. The topological polar surface area (TPSA) is 46.1 Å². The molecule has 0 aromatic heterocycles. The summed E-state index contributed by atoms with van der Waals surface area (Å²) in [6.45, 7) is 4.83. The van der Waals surface area contributed by atoms with Gasteiger partial charge in [-0.25, -0.2) is 0 Å². The van der Waals surface area contributed by atoms with Crippen LogP contribution in [-0.4, -0.2) is 63.0 Å². The van der Waals surface area contributed by atoms with E-state index in [4.69, 9.17) is 9.47 Å². The van der Waals surface area contributed by atoms with Crippen molar-refractivity contribution in [1.29, 1.82) is 0 Å². The van der Waals surface area contributed by atoms with Crippen LogP contribution in [0, 0.1) is 5.92 Å². The minimum absolute atomic E-state index is 0.342. The van der Waals surface area contributed by atoms with E-state index in [0.717, 1.165) is 64.0 Å². The average molecular weight is 309 g/mol. The summed E-state index contributed by atoms with van der Waals surface area (Å²) in [6, 6.07) is 0. The van der Waals surface area contributed by atoms with Gasteiger partial charge in [-0.3, -0.25) is 4.99 Å². The fourth-order valence-electron chi connectivity index (χ4n) is 3.38. The van der Waals surface area contributed by atoms with Crippen LogP contribution in [-0.2, 0) is 9.47 Å². The van der Waals surface area contributed by atoms with Gasteiger partial charge in [-0.1, -0.05) is 12.8 Å². The Morgan fingerprint density at radius 1 is 1.23 bits per heavy atom. The van der Waals surface area contributed by atoms with Gasteiger partial charge in [0.25, 0.3) is 0 Å². The maximum absolute atomic E-state index is 6.04. The monoisotopic (exact) mass is 309 g/mol. The Hall–Kier alpha value is -0.810. The van der Waals surface area contributed by atoms with Crippen LogP contribution < -0.4 is 5.32 Å². The number of hydrogen-bond donors (Lipinski definition) is 1. The van der Waals surface area contributed by atoms with E-state index in [9.17, 15) is 0 Å². The quantitative estimate of drug-likeness (QED) is 0.602. The van der Waals surface area contributed by atoms with Gasteiger partial charge in [0.05, 0.1) is 18.8 Å². The molecule has 2 heterocycles. The van der Waals surface area contributed by atoms with Crippen molar-refractivity contribution in [1.82, 2.24) is 10.2 Å². The number of piperidine rings is 1. The van der Waals surface area contributed by atoms with E-state index in [2.05, 4.69) is 15.2 Å². The molecule has 0 spiro atoms. The predicted molar refractivity (Wildman–Crippen MR) is 88.2 cm³/mol. The maximum atomic E-state index is 6.04. The molecular weight excluding hydrogens is 278 g/mol. The summed E-state index contributed by atoms with van der Waals surface area (Å²) >= 11 is 0. The van der Waals surface area contributed by atoms with Crippen molar-refractivity contribution in [2.45, 2.75) is 57.2 Å². The van der Waals surface area contributed by atoms with Gasteiger partial charge in [0.2, 0.25) is 0 Å². The van der Waals surface area contributed by atoms with E-state index < -0.39 is 0 Å². The molecule has 5 heteroatoms. The van der Waals surface area contributed by atoms with Crippen LogP contribution in [0.25, 0.3) is 0 Å². The summed E-state index contributed by atoms with van der Waals surface area (Å²) in [5, 5.41) is 3.52. The van der Waals surface area contributed by atoms with Gasteiger partial charge in [-0.15, -0.1) is 0 Å². The molecule has 1 aliphatic carbocycles. The molecule has 3 fully saturated rings. The summed E-state index contributed by atoms with van der Waals surface area (Å²) in [6.07, 6.45) is 9.42. The number of guanidine groups is 1. The SMILES string of the molecule is CN=C(NCCC1CC1)N1CCC(OCC2CCCO2)CC1. The molecule has 0 radical (unpaired) electrons. The smallest absolute Gasteiger partial charge is 0.193 e. The normalized spacial score (nSPS) is 27.4. The van der Waals surface area contributed by atoms with E-state index >= 15 is 0 Å². The zero-order valence-corrected chi connectivity index (χ0v) is 13.9. The second-order valence-electron chi connectivity index (χ2n) is 6.86. The zero-order chi connectivity index (χ0) is 15.2. The van der Waals surface area contributed by atoms with Crippen molar-refractivity contribution in [3.63, 3.8) is 0 Å². The first-order valence-electron chi connectivity index (χ1n) is 9.04. The number of hydrogen-bond acceptors (Lipinski definition) is 3. The van der Waals surface area contributed by atoms with E-state index in [-0.39, 0.29) is 0 Å². The Morgan fingerprint density at radius 3 is 2.68 bits per heavy atom. The molecule has 1 atom stereocenters. The van der Waals surface area contributed by atoms with Crippen molar-refractivity contribution in [2.24, 2.45) is 10.9 Å². The highest BCUT2D eigenvalue weighted by Gasteiger charge is 2.25. The maximum Gasteiger partial charge on any atom is 0.193 e. The molecule has 0 aromatic carbocycles. The zero-order valence-electron chi connectivity index (χ0n) is 13.9. The number of rotatable bonds is 6. The molecule has 3 rings (SSSR count). The molecule has 2 aliphatic heterocycles. The van der Waals surface area contributed by atoms with Crippen LogP contribution in [0.2, 0.25) is 0 Å². The van der Waals surface area contributed by atoms with Crippen LogP contribution >= 0.6 is 0 Å². The van der Waals surface area contributed by atoms with Gasteiger partial charge in [0.1, 0.15) is 0 Å². The fourth-order valence-corrected chi connectivity index (χ4v) is 3.38. The van der Waals surface area contributed by atoms with Crippen LogP contribution in [0.15, 0.2) is 4.99 Å². The van der Waals surface area contributed by atoms with Gasteiger partial charge >= 0.3 is 0 Å². The third kappa shape index (κ3) is 4.85. The molecule has 22 heavy (non-hydrogen) atoms. The highest BCUT2D eigenvalue weighted by atomic mass is 16.5. The van der Waals surface area contributed by atoms with Gasteiger partial charge in [0, 0.05) is 33.3 Å². The third-order valence-electron chi connectivity index (χ3n) is 5.03. The van der Waals surface area contributed by atoms with E-state index in [1.54, 1.807) is 0 Å². The number of nitrogens with zero attached hydrogens (tertiary/aromatic N) is 2. The van der Waals surface area contributed by atoms with Gasteiger partial charge < -0.3 is 19.7 Å². The highest BCUT2D eigenvalue weighted by Crippen LogP contribution is 2.31. The second kappa shape index (κ2) is 8.16. The third-order valence-corrected chi connectivity index (χ3v) is 5.03. The minimum atomic E-state index is 0.342. The number of ether oxygens (including phenoxy) is 2. The van der Waals surface area contributed by atoms with Gasteiger partial charge in [-0.05, 0) is 38.0 Å². The summed E-state index contributed by atoms with van der Waals surface area (Å²) in [5.41, 5.74) is 0. The Bertz CT molecular complexity index is 357. The highest BCUT2D eigenvalue weighted by molar-refractivity contribution is 5.79. The first-order chi connectivity index (χ1) is 10.8. The molecule has 1 N–H and O–H groups in total. The fraction of sp³-hybridized carbons (Fsp3) is 0.941. The van der Waals surface area contributed by atoms with Crippen molar-refractivity contribution < 1.29 is 9.47 Å². The Labute approximate surface area is 134 Å². The largest absolute Gasteiger partial charge is 0.376 e. The molecule has 1 saturated carbocycles. The van der Waals surface area contributed by atoms with Crippen LogP contribution in [0.3, 0.4) is 0 Å². The molecule has 126 valence electrons. The number of aliphatic imine (C=N–C) groups is 1. The minimum Gasteiger partial charge on any atom is -0.376 e. The van der Waals surface area contributed by atoms with E-state index in [1.165, 1.54) is 25.7 Å². The molecule has 1 unspecified atom stereocenters. The lowest BCUT2D eigenvalue weighted by atomic mass is 10.1. The first-order valence-corrected chi connectivity index (χ1v) is 9.04. The molecule has 0 amide bonds. The van der Waals surface area contributed by atoms with Crippen molar-refractivity contribution in [2.75, 3.05) is 39.9 Å². The Balaban J connectivity index is 1.32. The number of nitrogens with one attached hydrogen (secondary N) is 1. The van der Waals surface area contributed by atoms with Crippen molar-refractivity contribution in [3.8, 4) is 0 Å². The summed E-state index contributed by atoms with van der Waals surface area (Å²) in [4.78, 5) is 6.81. The van der Waals surface area contributed by atoms with E-state index in [1.807, 2.05) is 7.05 Å². The Kier molecular flexibility index (Phi) is 5.96. The van der Waals surface area contributed by atoms with E-state index in [0.29, 0.717) is 12.2 Å². The van der Waals surface area contributed by atoms with Crippen LogP contribution in [0.1, 0.15) is 44.9 Å². The first kappa shape index (κ1) is 16.1. The van der Waals surface area contributed by atoms with Crippen LogP contribution in [0.4, 0.5) is 0 Å². The standard InChI is InChI=1S/C17H31N3O2/c1-18-17(19-9-6-14-4-5-14)20-10-7-15(8-11-20)22-13-16-3-2-12-21-16/h14-16H,2-13H2,1H3,(H,18,19). The summed E-state index contributed by atoms with van der Waals surface area (Å²) < 4.78 is 11.7. The summed E-state index contributed by atoms with van der Waals surface area (Å²) in [7, 11) is 1.89. The van der Waals surface area contributed by atoms with Crippen molar-refractivity contribution >= 4 is 5.96 Å². The average Bonchev–Trinajstić information content (AvgIpc) is 3.23. The van der Waals surface area contributed by atoms with Crippen LogP contribution in [0.5, 0.6) is 0 Å². The lowest BCUT2D eigenvalue weighted by molar-refractivity contribution is -0.0367. The van der Waals surface area contributed by atoms with Gasteiger partial charge in [0.15, 0.2) is 5.96 Å². The molecule has 0 bridgehead atoms. The predicted octanol–water partition coefficient (Wildman–Crippen LogP) is 2.02.